The number of phosphoric ester groups is 1. The monoisotopic (exact) mass is 447 g/mol. The predicted molar refractivity (Wildman–Crippen MR) is 97.8 cm³/mol. The number of rotatable bonds is 6. The van der Waals surface area contributed by atoms with Gasteiger partial charge in [-0.1, -0.05) is 18.2 Å². The van der Waals surface area contributed by atoms with Crippen molar-refractivity contribution in [3.63, 3.8) is 0 Å². The van der Waals surface area contributed by atoms with Gasteiger partial charge in [0.05, 0.1) is 28.9 Å². The van der Waals surface area contributed by atoms with Crippen LogP contribution in [0.3, 0.4) is 0 Å². The summed E-state index contributed by atoms with van der Waals surface area (Å²) >= 11 is 0. The first-order valence-corrected chi connectivity index (χ1v) is 10.4. The normalized spacial score (nSPS) is 13.9. The van der Waals surface area contributed by atoms with Gasteiger partial charge in [-0.2, -0.15) is 0 Å². The van der Waals surface area contributed by atoms with Crippen LogP contribution in [0.2, 0.25) is 0 Å². The number of methoxy groups -OCH3 is 1. The average molecular weight is 447 g/mol. The van der Waals surface area contributed by atoms with Crippen molar-refractivity contribution in [2.24, 2.45) is 0 Å². The van der Waals surface area contributed by atoms with Gasteiger partial charge in [0, 0.05) is 9.79 Å². The van der Waals surface area contributed by atoms with Gasteiger partial charge in [0.25, 0.3) is 7.82 Å². The standard InChI is InChI=1S/C16H16N3O7PS.Na/c1-25-16(20)18-15-17-13-9-12(28(24)11-5-3-2-4-6-11)7-8-14(13)19(15)10-26-27(21,22)23;/h2-9H,10H2,1H3,(H,17,18,20)(H2,21,22,23);/q;+1/p-1. The number of fused-ring (bicyclic) bond motifs is 1. The van der Waals surface area contributed by atoms with Gasteiger partial charge in [-0.05, 0) is 30.3 Å². The number of ether oxygens (including phenoxy) is 1. The molecule has 0 aliphatic heterocycles. The van der Waals surface area contributed by atoms with Crippen LogP contribution in [0, 0.1) is 0 Å². The fourth-order valence-corrected chi connectivity index (χ4v) is 3.75. The molecule has 3 aromatic rings. The summed E-state index contributed by atoms with van der Waals surface area (Å²) in [6.07, 6.45) is -0.834. The number of phosphoric acid groups is 1. The maximum absolute atomic E-state index is 12.7. The van der Waals surface area contributed by atoms with Gasteiger partial charge in [0.2, 0.25) is 5.95 Å². The largest absolute Gasteiger partial charge is 1.00 e. The van der Waals surface area contributed by atoms with E-state index in [1.54, 1.807) is 42.5 Å². The van der Waals surface area contributed by atoms with Gasteiger partial charge in [-0.25, -0.2) is 14.0 Å². The molecule has 0 fully saturated rings. The Balaban J connectivity index is 0.00000300. The molecule has 3 rings (SSSR count). The summed E-state index contributed by atoms with van der Waals surface area (Å²) in [5.74, 6) is -0.0713. The van der Waals surface area contributed by atoms with Gasteiger partial charge in [-0.3, -0.25) is 19.0 Å². The van der Waals surface area contributed by atoms with E-state index in [1.807, 2.05) is 6.07 Å². The molecular weight excluding hydrogens is 432 g/mol. The van der Waals surface area contributed by atoms with E-state index in [-0.39, 0.29) is 35.5 Å². The topological polar surface area (TPSA) is 143 Å². The minimum atomic E-state index is -5.00. The van der Waals surface area contributed by atoms with Crippen LogP contribution < -0.4 is 39.8 Å². The zero-order chi connectivity index (χ0) is 20.3. The first-order valence-electron chi connectivity index (χ1n) is 7.79. The third-order valence-electron chi connectivity index (χ3n) is 3.64. The molecule has 1 amide bonds. The van der Waals surface area contributed by atoms with Crippen LogP contribution in [0.1, 0.15) is 0 Å². The van der Waals surface area contributed by atoms with Crippen molar-refractivity contribution in [2.75, 3.05) is 12.4 Å². The number of carbonyl (C=O) groups excluding carboxylic acids is 1. The smallest absolute Gasteiger partial charge is 0.756 e. The number of nitrogens with zero attached hydrogens (tertiary/aromatic N) is 2. The Labute approximate surface area is 190 Å². The number of amides is 1. The summed E-state index contributed by atoms with van der Waals surface area (Å²) in [7, 11) is -5.31. The van der Waals surface area contributed by atoms with Crippen molar-refractivity contribution in [3.8, 4) is 0 Å². The number of hydrogen-bond acceptors (Lipinski definition) is 7. The van der Waals surface area contributed by atoms with Crippen LogP contribution in [-0.2, 0) is 31.4 Å². The van der Waals surface area contributed by atoms with E-state index < -0.39 is 31.4 Å². The second kappa shape index (κ2) is 9.96. The number of hydrogen-bond donors (Lipinski definition) is 2. The van der Waals surface area contributed by atoms with Crippen molar-refractivity contribution in [3.05, 3.63) is 48.5 Å². The summed E-state index contributed by atoms with van der Waals surface area (Å²) in [6.45, 7) is -0.631. The molecule has 13 heteroatoms. The number of imidazole rings is 1. The van der Waals surface area contributed by atoms with Crippen LogP contribution in [-0.4, -0.2) is 31.9 Å². The Morgan fingerprint density at radius 1 is 1.28 bits per heavy atom. The van der Waals surface area contributed by atoms with Crippen LogP contribution >= 0.6 is 7.82 Å². The summed E-state index contributed by atoms with van der Waals surface area (Å²) in [4.78, 5) is 36.6. The number of aromatic nitrogens is 2. The summed E-state index contributed by atoms with van der Waals surface area (Å²) < 4.78 is 33.8. The molecule has 2 aromatic carbocycles. The van der Waals surface area contributed by atoms with Crippen LogP contribution in [0.4, 0.5) is 10.7 Å². The Morgan fingerprint density at radius 3 is 2.59 bits per heavy atom. The molecule has 2 unspecified atom stereocenters. The minimum absolute atomic E-state index is 0. The summed E-state index contributed by atoms with van der Waals surface area (Å²) in [6, 6.07) is 13.5. The number of nitrogens with one attached hydrogen (secondary N) is 1. The molecule has 0 radical (unpaired) electrons. The van der Waals surface area contributed by atoms with Gasteiger partial charge in [-0.15, -0.1) is 0 Å². The molecule has 0 bridgehead atoms. The van der Waals surface area contributed by atoms with Crippen molar-refractivity contribution >= 4 is 41.7 Å². The van der Waals surface area contributed by atoms with Crippen molar-refractivity contribution in [1.29, 1.82) is 0 Å². The van der Waals surface area contributed by atoms with E-state index in [9.17, 15) is 18.5 Å². The Bertz CT molecular complexity index is 1090. The third-order valence-corrected chi connectivity index (χ3v) is 5.46. The Morgan fingerprint density at radius 2 is 1.97 bits per heavy atom. The van der Waals surface area contributed by atoms with Gasteiger partial charge >= 0.3 is 35.7 Å². The number of anilines is 1. The predicted octanol–water partition coefficient (Wildman–Crippen LogP) is -1.18. The van der Waals surface area contributed by atoms with E-state index >= 15 is 0 Å². The molecular formula is C16H15N3NaO7PS. The molecule has 0 aliphatic carbocycles. The molecule has 0 saturated carbocycles. The van der Waals surface area contributed by atoms with E-state index in [4.69, 9.17) is 4.89 Å². The molecule has 10 nitrogen and oxygen atoms in total. The first-order chi connectivity index (χ1) is 13.3. The molecule has 29 heavy (non-hydrogen) atoms. The number of carbonyl (C=O) groups is 1. The molecule has 0 aliphatic rings. The molecule has 2 N–H and O–H groups in total. The van der Waals surface area contributed by atoms with Crippen LogP contribution in [0.5, 0.6) is 0 Å². The van der Waals surface area contributed by atoms with Gasteiger partial charge in [0.1, 0.15) is 6.73 Å². The van der Waals surface area contributed by atoms with Crippen molar-refractivity contribution in [1.82, 2.24) is 9.55 Å². The molecule has 2 atom stereocenters. The molecule has 148 valence electrons. The molecule has 0 saturated heterocycles. The van der Waals surface area contributed by atoms with E-state index in [0.717, 1.165) is 7.11 Å². The second-order valence-corrected chi connectivity index (χ2v) is 8.11. The fourth-order valence-electron chi connectivity index (χ4n) is 2.40. The van der Waals surface area contributed by atoms with Gasteiger partial charge in [0.15, 0.2) is 0 Å². The Hall–Kier alpha value is -1.56. The van der Waals surface area contributed by atoms with Crippen molar-refractivity contribution in [2.45, 2.75) is 16.5 Å². The zero-order valence-corrected chi connectivity index (χ0v) is 19.2. The van der Waals surface area contributed by atoms with Crippen molar-refractivity contribution < 1.29 is 62.2 Å². The van der Waals surface area contributed by atoms with Gasteiger partial charge < -0.3 is 14.5 Å². The summed E-state index contributed by atoms with van der Waals surface area (Å²) in [5, 5.41) is 2.33. The molecule has 1 aromatic heterocycles. The molecule has 1 heterocycles. The average Bonchev–Trinajstić information content (AvgIpc) is 3.01. The van der Waals surface area contributed by atoms with E-state index in [1.165, 1.54) is 4.57 Å². The van der Waals surface area contributed by atoms with E-state index in [2.05, 4.69) is 19.6 Å². The first kappa shape index (κ1) is 23.7. The quantitative estimate of drug-likeness (QED) is 0.355. The zero-order valence-electron chi connectivity index (χ0n) is 15.5. The van der Waals surface area contributed by atoms with Crippen LogP contribution in [0.25, 0.3) is 11.0 Å². The maximum Gasteiger partial charge on any atom is 1.00 e. The molecule has 0 spiro atoms. The minimum Gasteiger partial charge on any atom is -0.756 e. The Kier molecular flexibility index (Phi) is 8.15. The summed E-state index contributed by atoms with van der Waals surface area (Å²) in [5.41, 5.74) is 0.712. The SMILES string of the molecule is COC(=O)Nc1nc2cc(S(=O)c3ccccc3)ccc2n1COP(=O)([O-])O.[Na+]. The maximum atomic E-state index is 12.7. The fraction of sp³-hybridized carbons (Fsp3) is 0.125. The number of benzene rings is 2. The third kappa shape index (κ3) is 5.97. The second-order valence-electron chi connectivity index (χ2n) is 5.44. The van der Waals surface area contributed by atoms with Crippen LogP contribution in [0.15, 0.2) is 58.3 Å². The van der Waals surface area contributed by atoms with E-state index in [0.29, 0.717) is 20.8 Å².